The molecule has 1 aliphatic heterocycles. The molecule has 1 fully saturated rings. The van der Waals surface area contributed by atoms with Gasteiger partial charge in [0.15, 0.2) is 0 Å². The molecule has 1 N–H and O–H groups in total. The van der Waals surface area contributed by atoms with E-state index in [1.54, 1.807) is 11.8 Å². The summed E-state index contributed by atoms with van der Waals surface area (Å²) in [6.45, 7) is 5.80. The molecule has 0 aromatic heterocycles. The quantitative estimate of drug-likeness (QED) is 0.876. The van der Waals surface area contributed by atoms with Gasteiger partial charge in [-0.25, -0.2) is 0 Å². The molecule has 0 saturated carbocycles. The van der Waals surface area contributed by atoms with Crippen molar-refractivity contribution in [3.8, 4) is 0 Å². The van der Waals surface area contributed by atoms with Gasteiger partial charge >= 0.3 is 0 Å². The first-order valence-electron chi connectivity index (χ1n) is 8.37. The highest BCUT2D eigenvalue weighted by Gasteiger charge is 2.33. The molecule has 3 rings (SSSR count). The summed E-state index contributed by atoms with van der Waals surface area (Å²) in [5.74, 6) is 0.974. The Hall–Kier alpha value is -2.27. The monoisotopic (exact) mass is 354 g/mol. The molecule has 1 saturated heterocycles. The van der Waals surface area contributed by atoms with Crippen molar-refractivity contribution < 1.29 is 9.59 Å². The predicted octanol–water partition coefficient (Wildman–Crippen LogP) is 4.55. The van der Waals surface area contributed by atoms with Crippen LogP contribution in [0.3, 0.4) is 0 Å². The Kier molecular flexibility index (Phi) is 5.13. The largest absolute Gasteiger partial charge is 0.326 e. The third kappa shape index (κ3) is 3.87. The van der Waals surface area contributed by atoms with Crippen LogP contribution in [0.2, 0.25) is 0 Å². The van der Waals surface area contributed by atoms with Crippen LogP contribution in [0.5, 0.6) is 0 Å². The minimum atomic E-state index is -0.0926. The fourth-order valence-electron chi connectivity index (χ4n) is 2.90. The topological polar surface area (TPSA) is 49.4 Å². The molecule has 5 heteroatoms. The maximum atomic E-state index is 12.4. The Morgan fingerprint density at radius 3 is 2.32 bits per heavy atom. The molecule has 0 bridgehead atoms. The van der Waals surface area contributed by atoms with Gasteiger partial charge in [0.1, 0.15) is 5.37 Å². The molecule has 2 amide bonds. The Labute approximate surface area is 152 Å². The lowest BCUT2D eigenvalue weighted by Gasteiger charge is -2.25. The van der Waals surface area contributed by atoms with E-state index in [0.717, 1.165) is 16.9 Å². The minimum Gasteiger partial charge on any atom is -0.326 e. The van der Waals surface area contributed by atoms with Gasteiger partial charge in [-0.2, -0.15) is 0 Å². The van der Waals surface area contributed by atoms with Crippen LogP contribution in [-0.4, -0.2) is 17.6 Å². The summed E-state index contributed by atoms with van der Waals surface area (Å²) in [4.78, 5) is 25.4. The fraction of sp³-hybridized carbons (Fsp3) is 0.300. The first-order valence-corrected chi connectivity index (χ1v) is 9.42. The van der Waals surface area contributed by atoms with Crippen molar-refractivity contribution in [2.24, 2.45) is 0 Å². The molecule has 0 radical (unpaired) electrons. The Balaban J connectivity index is 1.85. The number of nitrogens with one attached hydrogen (secondary N) is 1. The lowest BCUT2D eigenvalue weighted by atomic mass is 10.0. The summed E-state index contributed by atoms with van der Waals surface area (Å²) >= 11 is 1.63. The molecule has 1 aliphatic rings. The normalized spacial score (nSPS) is 17.2. The Morgan fingerprint density at radius 1 is 1.12 bits per heavy atom. The van der Waals surface area contributed by atoms with Crippen molar-refractivity contribution in [3.05, 3.63) is 59.7 Å². The second-order valence-electron chi connectivity index (χ2n) is 6.48. The molecule has 0 spiro atoms. The number of carbonyl (C=O) groups excluding carboxylic acids is 2. The van der Waals surface area contributed by atoms with Gasteiger partial charge in [0, 0.05) is 18.3 Å². The van der Waals surface area contributed by atoms with Crippen LogP contribution in [0.1, 0.15) is 43.2 Å². The van der Waals surface area contributed by atoms with Gasteiger partial charge in [0.05, 0.1) is 5.75 Å². The van der Waals surface area contributed by atoms with Crippen molar-refractivity contribution in [2.45, 2.75) is 32.1 Å². The fourth-order valence-corrected chi connectivity index (χ4v) is 4.08. The van der Waals surface area contributed by atoms with Crippen LogP contribution >= 0.6 is 11.8 Å². The van der Waals surface area contributed by atoms with Crippen LogP contribution in [0.25, 0.3) is 0 Å². The third-order valence-electron chi connectivity index (χ3n) is 4.22. The first-order chi connectivity index (χ1) is 12.0. The average molecular weight is 354 g/mol. The summed E-state index contributed by atoms with van der Waals surface area (Å²) in [5.41, 5.74) is 4.01. The summed E-state index contributed by atoms with van der Waals surface area (Å²) in [6.07, 6.45) is 0. The summed E-state index contributed by atoms with van der Waals surface area (Å²) in [5, 5.41) is 2.73. The molecule has 2 aromatic carbocycles. The highest BCUT2D eigenvalue weighted by atomic mass is 32.2. The van der Waals surface area contributed by atoms with Gasteiger partial charge in [0.2, 0.25) is 11.8 Å². The number of amides is 2. The second-order valence-corrected chi connectivity index (χ2v) is 7.55. The van der Waals surface area contributed by atoms with Crippen LogP contribution in [0, 0.1) is 0 Å². The second kappa shape index (κ2) is 7.31. The van der Waals surface area contributed by atoms with Crippen molar-refractivity contribution >= 4 is 35.0 Å². The van der Waals surface area contributed by atoms with Crippen molar-refractivity contribution in [1.82, 2.24) is 0 Å². The number of nitrogens with zero attached hydrogens (tertiary/aromatic N) is 1. The third-order valence-corrected chi connectivity index (χ3v) is 5.43. The van der Waals surface area contributed by atoms with Gasteiger partial charge in [-0.1, -0.05) is 38.1 Å². The van der Waals surface area contributed by atoms with Crippen molar-refractivity contribution in [3.63, 3.8) is 0 Å². The van der Waals surface area contributed by atoms with E-state index >= 15 is 0 Å². The maximum absolute atomic E-state index is 12.4. The molecular weight excluding hydrogens is 332 g/mol. The van der Waals surface area contributed by atoms with Gasteiger partial charge in [-0.05, 0) is 41.3 Å². The number of benzene rings is 2. The number of anilines is 2. The Bertz CT molecular complexity index is 769. The molecule has 25 heavy (non-hydrogen) atoms. The zero-order chi connectivity index (χ0) is 18.0. The van der Waals surface area contributed by atoms with E-state index in [-0.39, 0.29) is 17.2 Å². The predicted molar refractivity (Wildman–Crippen MR) is 104 cm³/mol. The molecule has 1 unspecified atom stereocenters. The molecular formula is C20H22N2O2S. The van der Waals surface area contributed by atoms with Crippen molar-refractivity contribution in [1.29, 1.82) is 0 Å². The number of carbonyl (C=O) groups is 2. The molecule has 0 aliphatic carbocycles. The van der Waals surface area contributed by atoms with E-state index < -0.39 is 0 Å². The summed E-state index contributed by atoms with van der Waals surface area (Å²) in [6, 6.07) is 15.9. The molecule has 4 nitrogen and oxygen atoms in total. The zero-order valence-corrected chi connectivity index (χ0v) is 15.5. The van der Waals surface area contributed by atoms with E-state index in [4.69, 9.17) is 0 Å². The van der Waals surface area contributed by atoms with E-state index in [0.29, 0.717) is 11.7 Å². The minimum absolute atomic E-state index is 0.0382. The lowest BCUT2D eigenvalue weighted by molar-refractivity contribution is -0.116. The molecule has 1 atom stereocenters. The maximum Gasteiger partial charge on any atom is 0.238 e. The zero-order valence-electron chi connectivity index (χ0n) is 14.7. The van der Waals surface area contributed by atoms with Gasteiger partial charge < -0.3 is 5.32 Å². The smallest absolute Gasteiger partial charge is 0.238 e. The molecule has 130 valence electrons. The highest BCUT2D eigenvalue weighted by molar-refractivity contribution is 8.00. The van der Waals surface area contributed by atoms with E-state index in [2.05, 4.69) is 31.3 Å². The highest BCUT2D eigenvalue weighted by Crippen LogP contribution is 2.42. The number of hydrogen-bond acceptors (Lipinski definition) is 3. The Morgan fingerprint density at radius 2 is 1.76 bits per heavy atom. The molecule has 2 aromatic rings. The SMILES string of the molecule is CC(=O)Nc1ccc(C2SCC(=O)N2c2ccc(C(C)C)cc2)cc1. The van der Waals surface area contributed by atoms with Crippen molar-refractivity contribution in [2.75, 3.05) is 16.0 Å². The van der Waals surface area contributed by atoms with E-state index in [9.17, 15) is 9.59 Å². The van der Waals surface area contributed by atoms with Gasteiger partial charge in [-0.3, -0.25) is 14.5 Å². The molecule has 1 heterocycles. The van der Waals surface area contributed by atoms with E-state index in [1.807, 2.05) is 41.3 Å². The van der Waals surface area contributed by atoms with Gasteiger partial charge in [0.25, 0.3) is 0 Å². The van der Waals surface area contributed by atoms with Crippen LogP contribution in [0.4, 0.5) is 11.4 Å². The van der Waals surface area contributed by atoms with Crippen LogP contribution < -0.4 is 10.2 Å². The summed E-state index contributed by atoms with van der Waals surface area (Å²) < 4.78 is 0. The average Bonchev–Trinajstić information content (AvgIpc) is 2.96. The number of rotatable bonds is 4. The van der Waals surface area contributed by atoms with Gasteiger partial charge in [-0.15, -0.1) is 11.8 Å². The number of hydrogen-bond donors (Lipinski definition) is 1. The standard InChI is InChI=1S/C20H22N2O2S/c1-13(2)15-6-10-18(11-7-15)22-19(24)12-25-20(22)16-4-8-17(9-5-16)21-14(3)23/h4-11,13,20H,12H2,1-3H3,(H,21,23). The lowest BCUT2D eigenvalue weighted by Crippen LogP contribution is -2.27. The van der Waals surface area contributed by atoms with Crippen LogP contribution in [0.15, 0.2) is 48.5 Å². The van der Waals surface area contributed by atoms with E-state index in [1.165, 1.54) is 12.5 Å². The number of thioether (sulfide) groups is 1. The van der Waals surface area contributed by atoms with Crippen LogP contribution in [-0.2, 0) is 9.59 Å². The first kappa shape index (κ1) is 17.5. The summed E-state index contributed by atoms with van der Waals surface area (Å²) in [7, 11) is 0.